The molecule has 19 heteroatoms. The summed E-state index contributed by atoms with van der Waals surface area (Å²) in [6.45, 7) is 11.2. The summed E-state index contributed by atoms with van der Waals surface area (Å²) in [5, 5.41) is 43.9. The maximum absolute atomic E-state index is 14.3. The minimum absolute atomic E-state index is 0.0188. The largest absolute Gasteiger partial charge is 0.593 e. The maximum atomic E-state index is 14.3. The number of carboxylic acid groups (broad SMARTS) is 1. The molecule has 2 saturated heterocycles. The number of benzene rings is 1. The first kappa shape index (κ1) is 47.1. The van der Waals surface area contributed by atoms with Gasteiger partial charge >= 0.3 is 5.97 Å². The lowest BCUT2D eigenvalue weighted by molar-refractivity contribution is -0.142. The van der Waals surface area contributed by atoms with E-state index in [2.05, 4.69) is 31.9 Å². The number of aliphatic carboxylic acids is 1. The SMILES string of the molecule is CC(C)C[C@@H]1NC(=O)CN(C)C(=O)[C@H](Cc2ccc([OH2+])cc2)NC(=O)[C@@H]2CCCN2[C@@H](C(=O)NC(C)(C)C)[C@H](C)NC(=O)[C@H]([C@@H](C)O)NC(=O)[C@H](CC(=O)O)NC1=O. The van der Waals surface area contributed by atoms with Gasteiger partial charge in [-0.2, -0.15) is 0 Å². The molecule has 0 saturated carbocycles. The highest BCUT2D eigenvalue weighted by atomic mass is 16.4. The second-order valence-corrected chi connectivity index (χ2v) is 16.7. The second-order valence-electron chi connectivity index (χ2n) is 16.7. The Kier molecular flexibility index (Phi) is 16.6. The molecule has 7 amide bonds. The fraction of sp³-hybridized carbons (Fsp3) is 0.641. The first-order chi connectivity index (χ1) is 27.0. The lowest BCUT2D eigenvalue weighted by Gasteiger charge is -2.38. The first-order valence-electron chi connectivity index (χ1n) is 19.5. The van der Waals surface area contributed by atoms with E-state index in [1.54, 1.807) is 51.7 Å². The van der Waals surface area contributed by atoms with Crippen LogP contribution >= 0.6 is 0 Å². The molecule has 0 unspecified atom stereocenters. The molecule has 19 nitrogen and oxygen atoms in total. The number of amides is 7. The number of hydrogen-bond donors (Lipinski definition) is 8. The highest BCUT2D eigenvalue weighted by Crippen LogP contribution is 2.24. The summed E-state index contributed by atoms with van der Waals surface area (Å²) in [4.78, 5) is 111. The third kappa shape index (κ3) is 13.7. The summed E-state index contributed by atoms with van der Waals surface area (Å²) >= 11 is 0. The Labute approximate surface area is 338 Å². The van der Waals surface area contributed by atoms with Gasteiger partial charge in [-0.25, -0.2) is 0 Å². The van der Waals surface area contributed by atoms with Crippen molar-refractivity contribution in [1.29, 1.82) is 0 Å². The molecule has 58 heavy (non-hydrogen) atoms. The molecule has 2 heterocycles. The van der Waals surface area contributed by atoms with Gasteiger partial charge in [0.2, 0.25) is 41.4 Å². The highest BCUT2D eigenvalue weighted by molar-refractivity contribution is 5.97. The third-order valence-electron chi connectivity index (χ3n) is 9.76. The topological polar surface area (TPSA) is 279 Å². The summed E-state index contributed by atoms with van der Waals surface area (Å²) in [7, 11) is 1.35. The third-order valence-corrected chi connectivity index (χ3v) is 9.76. The van der Waals surface area contributed by atoms with Crippen LogP contribution in [0, 0.1) is 5.92 Å². The maximum Gasteiger partial charge on any atom is 0.305 e. The van der Waals surface area contributed by atoms with Crippen molar-refractivity contribution in [2.24, 2.45) is 5.92 Å². The standard InChI is InChI=1S/C39H60N8O11/c1-20(2)16-25-33(53)42-26(18-30(51)52)34(54)44-31(22(4)48)36(56)40-21(3)32(37(57)45-39(5,6)7)47-15-9-10-28(47)35(55)43-27(17-23-11-13-24(49)14-12-23)38(58)46(8)19-29(50)41-25/h11-14,20-22,25-28,31-32,48-49H,9-10,15-19H2,1-8H3,(H,40,56)(H,41,50)(H,42,53)(H,43,55)(H,44,54)(H,45,57)(H,51,52)/p+1/t21-,22+,25-,26-,27-,28-,31-,32+/m0/s1. The van der Waals surface area contributed by atoms with Crippen LogP contribution in [-0.4, -0.2) is 147 Å². The number of nitrogens with zero attached hydrogens (tertiary/aromatic N) is 2. The normalized spacial score (nSPS) is 26.9. The van der Waals surface area contributed by atoms with Gasteiger partial charge in [0.1, 0.15) is 30.2 Å². The number of carbonyl (C=O) groups excluding carboxylic acids is 7. The lowest BCUT2D eigenvalue weighted by atomic mass is 10.0. The van der Waals surface area contributed by atoms with Gasteiger partial charge in [-0.05, 0) is 84.0 Å². The summed E-state index contributed by atoms with van der Waals surface area (Å²) in [5.74, 6) is -6.91. The number of rotatable bonds is 8. The number of aliphatic hydroxyl groups excluding tert-OH is 1. The summed E-state index contributed by atoms with van der Waals surface area (Å²) in [6.07, 6.45) is -1.66. The summed E-state index contributed by atoms with van der Waals surface area (Å²) < 4.78 is 0. The molecule has 8 atom stereocenters. The van der Waals surface area contributed by atoms with Crippen molar-refractivity contribution in [3.05, 3.63) is 29.8 Å². The van der Waals surface area contributed by atoms with Gasteiger partial charge in [0.05, 0.1) is 31.2 Å². The molecule has 322 valence electrons. The van der Waals surface area contributed by atoms with E-state index in [4.69, 9.17) is 5.11 Å². The van der Waals surface area contributed by atoms with Crippen LogP contribution in [0.1, 0.15) is 79.7 Å². The smallest absolute Gasteiger partial charge is 0.305 e. The van der Waals surface area contributed by atoms with Crippen LogP contribution in [0.3, 0.4) is 0 Å². The Morgan fingerprint density at radius 2 is 1.48 bits per heavy atom. The van der Waals surface area contributed by atoms with Crippen molar-refractivity contribution in [2.45, 2.75) is 135 Å². The molecule has 2 aliphatic heterocycles. The van der Waals surface area contributed by atoms with E-state index in [9.17, 15) is 48.6 Å². The molecule has 0 aromatic heterocycles. The van der Waals surface area contributed by atoms with E-state index in [0.717, 1.165) is 4.90 Å². The van der Waals surface area contributed by atoms with Crippen LogP contribution in [0.2, 0.25) is 0 Å². The fourth-order valence-corrected chi connectivity index (χ4v) is 7.07. The number of hydrogen-bond acceptors (Lipinski definition) is 10. The van der Waals surface area contributed by atoms with Crippen LogP contribution in [0.4, 0.5) is 0 Å². The zero-order valence-corrected chi connectivity index (χ0v) is 34.5. The Bertz CT molecular complexity index is 1680. The second kappa shape index (κ2) is 20.4. The number of fused-ring (bicyclic) bond motifs is 1. The zero-order chi connectivity index (χ0) is 43.6. The van der Waals surface area contributed by atoms with Crippen molar-refractivity contribution < 1.29 is 53.7 Å². The average Bonchev–Trinajstić information content (AvgIpc) is 3.57. The molecular weight excluding hydrogens is 756 g/mol. The van der Waals surface area contributed by atoms with Crippen LogP contribution < -0.4 is 31.9 Å². The van der Waals surface area contributed by atoms with Crippen LogP contribution in [0.5, 0.6) is 5.75 Å². The summed E-state index contributed by atoms with van der Waals surface area (Å²) in [6, 6.07) is -2.77. The van der Waals surface area contributed by atoms with Gasteiger partial charge in [-0.1, -0.05) is 13.8 Å². The number of carboxylic acids is 1. The molecule has 2 aliphatic rings. The predicted octanol–water partition coefficient (Wildman–Crippen LogP) is -1.77. The van der Waals surface area contributed by atoms with E-state index in [1.165, 1.54) is 33.0 Å². The number of nitrogens with one attached hydrogen (secondary N) is 6. The highest BCUT2D eigenvalue weighted by Gasteiger charge is 2.44. The fourth-order valence-electron chi connectivity index (χ4n) is 7.07. The molecule has 1 aromatic rings. The lowest BCUT2D eigenvalue weighted by Crippen LogP contribution is -2.65. The molecule has 3 rings (SSSR count). The number of carbonyl (C=O) groups is 8. The van der Waals surface area contributed by atoms with Gasteiger partial charge in [-0.3, -0.25) is 43.3 Å². The van der Waals surface area contributed by atoms with Crippen molar-refractivity contribution >= 4 is 47.3 Å². The van der Waals surface area contributed by atoms with Crippen LogP contribution in [0.15, 0.2) is 24.3 Å². The number of aliphatic hydroxyl groups is 1. The van der Waals surface area contributed by atoms with E-state index >= 15 is 0 Å². The Morgan fingerprint density at radius 1 is 0.879 bits per heavy atom. The first-order valence-corrected chi connectivity index (χ1v) is 19.5. The van der Waals surface area contributed by atoms with Gasteiger partial charge in [0.15, 0.2) is 0 Å². The minimum Gasteiger partial charge on any atom is -0.593 e. The molecular formula is C39H61N8O11+. The Balaban J connectivity index is 2.15. The monoisotopic (exact) mass is 817 g/mol. The Morgan fingerprint density at radius 3 is 2.05 bits per heavy atom. The molecule has 2 fully saturated rings. The summed E-state index contributed by atoms with van der Waals surface area (Å²) in [5.41, 5.74) is -0.127. The molecule has 0 spiro atoms. The zero-order valence-electron chi connectivity index (χ0n) is 34.5. The van der Waals surface area contributed by atoms with Crippen molar-refractivity contribution in [2.75, 3.05) is 20.1 Å². The van der Waals surface area contributed by atoms with E-state index < -0.39 is 114 Å². The molecule has 0 bridgehead atoms. The van der Waals surface area contributed by atoms with E-state index in [1.807, 2.05) is 0 Å². The molecule has 0 radical (unpaired) electrons. The van der Waals surface area contributed by atoms with E-state index in [-0.39, 0.29) is 37.5 Å². The average molecular weight is 818 g/mol. The minimum atomic E-state index is -1.75. The molecule has 10 N–H and O–H groups in total. The van der Waals surface area contributed by atoms with Crippen LogP contribution in [0.25, 0.3) is 0 Å². The molecule has 1 aromatic carbocycles. The van der Waals surface area contributed by atoms with Gasteiger partial charge < -0.3 is 52.1 Å². The van der Waals surface area contributed by atoms with Crippen molar-refractivity contribution in [3.8, 4) is 5.75 Å². The van der Waals surface area contributed by atoms with Crippen molar-refractivity contribution in [1.82, 2.24) is 41.7 Å². The van der Waals surface area contributed by atoms with Gasteiger partial charge in [0, 0.05) is 31.1 Å². The van der Waals surface area contributed by atoms with Gasteiger partial charge in [-0.15, -0.1) is 0 Å². The molecule has 0 aliphatic carbocycles. The predicted molar refractivity (Wildman–Crippen MR) is 211 cm³/mol. The van der Waals surface area contributed by atoms with E-state index in [0.29, 0.717) is 12.0 Å². The number of likely N-dealkylation sites (N-methyl/N-ethyl adjacent to an activating group) is 1. The quantitative estimate of drug-likeness (QED) is 0.136. The van der Waals surface area contributed by atoms with Crippen LogP contribution in [-0.2, 0) is 44.8 Å². The Hall–Kier alpha value is -5.30. The van der Waals surface area contributed by atoms with Crippen molar-refractivity contribution in [3.63, 3.8) is 0 Å². The van der Waals surface area contributed by atoms with Gasteiger partial charge in [0.25, 0.3) is 5.75 Å².